The van der Waals surface area contributed by atoms with E-state index in [4.69, 9.17) is 16.0 Å². The molecule has 2 aromatic carbocycles. The van der Waals surface area contributed by atoms with Gasteiger partial charge in [-0.2, -0.15) is 0 Å². The number of aromatic nitrogens is 1. The first-order valence-corrected chi connectivity index (χ1v) is 7.59. The number of hydrogen-bond acceptors (Lipinski definition) is 3. The molecule has 0 aliphatic carbocycles. The van der Waals surface area contributed by atoms with Crippen molar-refractivity contribution in [2.75, 3.05) is 0 Å². The van der Waals surface area contributed by atoms with Crippen LogP contribution in [0.15, 0.2) is 65.3 Å². The van der Waals surface area contributed by atoms with Gasteiger partial charge in [0.2, 0.25) is 5.89 Å². The highest BCUT2D eigenvalue weighted by Crippen LogP contribution is 2.19. The van der Waals surface area contributed by atoms with Gasteiger partial charge in [-0.15, -0.1) is 0 Å². The van der Waals surface area contributed by atoms with Crippen molar-refractivity contribution in [2.24, 2.45) is 0 Å². The first kappa shape index (κ1) is 14.8. The van der Waals surface area contributed by atoms with Gasteiger partial charge in [-0.25, -0.2) is 4.98 Å². The van der Waals surface area contributed by atoms with Crippen LogP contribution >= 0.6 is 11.6 Å². The van der Waals surface area contributed by atoms with Gasteiger partial charge in [0.05, 0.1) is 5.69 Å². The third-order valence-electron chi connectivity index (χ3n) is 3.53. The van der Waals surface area contributed by atoms with E-state index < -0.39 is 0 Å². The number of nitrogens with zero attached hydrogens (tertiary/aromatic N) is 1. The van der Waals surface area contributed by atoms with Crippen LogP contribution in [0.4, 0.5) is 0 Å². The zero-order valence-corrected chi connectivity index (χ0v) is 13.0. The van der Waals surface area contributed by atoms with Gasteiger partial charge in [-0.1, -0.05) is 41.9 Å². The standard InChI is InChI=1S/C18H17ClN2O/c1-13(14-7-9-16(19)10-8-14)20-11-17-12-22-18(21-17)15-5-3-2-4-6-15/h2-10,12-13,20H,11H2,1H3. The Morgan fingerprint density at radius 3 is 2.55 bits per heavy atom. The number of benzene rings is 2. The molecule has 0 amide bonds. The first-order valence-electron chi connectivity index (χ1n) is 7.21. The lowest BCUT2D eigenvalue weighted by Crippen LogP contribution is -2.18. The van der Waals surface area contributed by atoms with Crippen molar-refractivity contribution in [1.29, 1.82) is 0 Å². The van der Waals surface area contributed by atoms with E-state index in [1.807, 2.05) is 54.6 Å². The van der Waals surface area contributed by atoms with Crippen LogP contribution in [0.2, 0.25) is 5.02 Å². The topological polar surface area (TPSA) is 38.1 Å². The molecule has 1 aromatic heterocycles. The molecule has 3 nitrogen and oxygen atoms in total. The van der Waals surface area contributed by atoms with Gasteiger partial charge >= 0.3 is 0 Å². The van der Waals surface area contributed by atoms with E-state index in [2.05, 4.69) is 17.2 Å². The molecule has 1 atom stereocenters. The highest BCUT2D eigenvalue weighted by atomic mass is 35.5. The highest BCUT2D eigenvalue weighted by Gasteiger charge is 2.09. The van der Waals surface area contributed by atoms with Crippen molar-refractivity contribution in [3.05, 3.63) is 77.1 Å². The molecule has 1 N–H and O–H groups in total. The van der Waals surface area contributed by atoms with Crippen molar-refractivity contribution in [2.45, 2.75) is 19.5 Å². The second-order valence-corrected chi connectivity index (χ2v) is 5.60. The molecule has 0 aliphatic rings. The lowest BCUT2D eigenvalue weighted by Gasteiger charge is -2.13. The molecule has 0 saturated heterocycles. The molecule has 1 heterocycles. The summed E-state index contributed by atoms with van der Waals surface area (Å²) < 4.78 is 5.54. The Bertz CT molecular complexity index is 722. The van der Waals surface area contributed by atoms with Gasteiger partial charge in [0.15, 0.2) is 0 Å². The number of hydrogen-bond donors (Lipinski definition) is 1. The molecule has 0 radical (unpaired) electrons. The molecule has 0 spiro atoms. The van der Waals surface area contributed by atoms with Gasteiger partial charge in [0.1, 0.15) is 6.26 Å². The van der Waals surface area contributed by atoms with Crippen LogP contribution < -0.4 is 5.32 Å². The summed E-state index contributed by atoms with van der Waals surface area (Å²) in [6.07, 6.45) is 1.70. The van der Waals surface area contributed by atoms with Gasteiger partial charge < -0.3 is 9.73 Å². The Labute approximate surface area is 135 Å². The fraction of sp³-hybridized carbons (Fsp3) is 0.167. The van der Waals surface area contributed by atoms with Gasteiger partial charge in [-0.3, -0.25) is 0 Å². The molecular weight excluding hydrogens is 296 g/mol. The SMILES string of the molecule is CC(NCc1coc(-c2ccccc2)n1)c1ccc(Cl)cc1. The van der Waals surface area contributed by atoms with Crippen LogP contribution in [0.5, 0.6) is 0 Å². The summed E-state index contributed by atoms with van der Waals surface area (Å²) >= 11 is 5.91. The smallest absolute Gasteiger partial charge is 0.226 e. The van der Waals surface area contributed by atoms with Crippen LogP contribution in [0.25, 0.3) is 11.5 Å². The van der Waals surface area contributed by atoms with Gasteiger partial charge in [0.25, 0.3) is 0 Å². The average Bonchev–Trinajstić information content (AvgIpc) is 3.03. The van der Waals surface area contributed by atoms with E-state index >= 15 is 0 Å². The molecule has 22 heavy (non-hydrogen) atoms. The Hall–Kier alpha value is -2.10. The maximum atomic E-state index is 5.91. The summed E-state index contributed by atoms with van der Waals surface area (Å²) in [6.45, 7) is 2.77. The van der Waals surface area contributed by atoms with E-state index in [0.29, 0.717) is 12.4 Å². The minimum atomic E-state index is 0.217. The van der Waals surface area contributed by atoms with Crippen molar-refractivity contribution in [1.82, 2.24) is 10.3 Å². The number of oxazole rings is 1. The Morgan fingerprint density at radius 2 is 1.82 bits per heavy atom. The molecule has 1 unspecified atom stereocenters. The normalized spacial score (nSPS) is 12.3. The van der Waals surface area contributed by atoms with Crippen LogP contribution in [0.1, 0.15) is 24.2 Å². The van der Waals surface area contributed by atoms with Crippen molar-refractivity contribution in [3.8, 4) is 11.5 Å². The van der Waals surface area contributed by atoms with Gasteiger partial charge in [-0.05, 0) is 36.8 Å². The number of rotatable bonds is 5. The van der Waals surface area contributed by atoms with Crippen LogP contribution in [0.3, 0.4) is 0 Å². The lowest BCUT2D eigenvalue weighted by molar-refractivity contribution is 0.553. The highest BCUT2D eigenvalue weighted by molar-refractivity contribution is 6.30. The van der Waals surface area contributed by atoms with Crippen molar-refractivity contribution in [3.63, 3.8) is 0 Å². The lowest BCUT2D eigenvalue weighted by atomic mass is 10.1. The van der Waals surface area contributed by atoms with Gasteiger partial charge in [0, 0.05) is 23.2 Å². The predicted molar refractivity (Wildman–Crippen MR) is 88.6 cm³/mol. The Kier molecular flexibility index (Phi) is 4.56. The van der Waals surface area contributed by atoms with Crippen LogP contribution in [0, 0.1) is 0 Å². The molecular formula is C18H17ClN2O. The Balaban J connectivity index is 1.62. The fourth-order valence-corrected chi connectivity index (χ4v) is 2.35. The Morgan fingerprint density at radius 1 is 1.09 bits per heavy atom. The maximum Gasteiger partial charge on any atom is 0.226 e. The average molecular weight is 313 g/mol. The summed E-state index contributed by atoms with van der Waals surface area (Å²) in [4.78, 5) is 4.51. The zero-order valence-electron chi connectivity index (χ0n) is 12.3. The second kappa shape index (κ2) is 6.77. The molecule has 0 fully saturated rings. The largest absolute Gasteiger partial charge is 0.444 e. The molecule has 112 valence electrons. The third-order valence-corrected chi connectivity index (χ3v) is 3.78. The molecule has 0 saturated carbocycles. The molecule has 3 rings (SSSR count). The monoisotopic (exact) mass is 312 g/mol. The summed E-state index contributed by atoms with van der Waals surface area (Å²) in [7, 11) is 0. The molecule has 0 aliphatic heterocycles. The zero-order chi connectivity index (χ0) is 15.4. The molecule has 0 bridgehead atoms. The first-order chi connectivity index (χ1) is 10.7. The van der Waals surface area contributed by atoms with Crippen molar-refractivity contribution >= 4 is 11.6 Å². The second-order valence-electron chi connectivity index (χ2n) is 5.16. The quantitative estimate of drug-likeness (QED) is 0.732. The van der Waals surface area contributed by atoms with E-state index in [1.165, 1.54) is 5.56 Å². The predicted octanol–water partition coefficient (Wildman–Crippen LogP) is 4.85. The number of halogens is 1. The summed E-state index contributed by atoms with van der Waals surface area (Å²) in [5.41, 5.74) is 3.07. The van der Waals surface area contributed by atoms with Crippen LogP contribution in [-0.2, 0) is 6.54 Å². The molecule has 4 heteroatoms. The minimum absolute atomic E-state index is 0.217. The summed E-state index contributed by atoms with van der Waals surface area (Å²) in [6, 6.07) is 18.0. The summed E-state index contributed by atoms with van der Waals surface area (Å²) in [5.74, 6) is 0.650. The van der Waals surface area contributed by atoms with Crippen molar-refractivity contribution < 1.29 is 4.42 Å². The minimum Gasteiger partial charge on any atom is -0.444 e. The van der Waals surface area contributed by atoms with E-state index in [1.54, 1.807) is 6.26 Å². The van der Waals surface area contributed by atoms with Crippen LogP contribution in [-0.4, -0.2) is 4.98 Å². The molecule has 3 aromatic rings. The fourth-order valence-electron chi connectivity index (χ4n) is 2.23. The van der Waals surface area contributed by atoms with E-state index in [-0.39, 0.29) is 6.04 Å². The third kappa shape index (κ3) is 3.56. The number of nitrogens with one attached hydrogen (secondary N) is 1. The summed E-state index contributed by atoms with van der Waals surface area (Å²) in [5, 5.41) is 4.18. The van der Waals surface area contributed by atoms with E-state index in [0.717, 1.165) is 16.3 Å². The van der Waals surface area contributed by atoms with E-state index in [9.17, 15) is 0 Å². The maximum absolute atomic E-state index is 5.91.